The zero-order valence-corrected chi connectivity index (χ0v) is 63.3. The molecule has 0 radical (unpaired) electrons. The Labute approximate surface area is 652 Å². The standard InChI is InChI=1S/C61H122N40O12/c62-30-42(103)92-32(11-2-22-84-54(67)68)44(105)94-34(13-4-24-86-56(71)72)46(107)96-36(15-6-26-88-58(75)76)48(109)97-37(16-7-27-89-59(77)78)49(110)99-39(18-9-29-91-61(81)82)51(112)101-40(19-20-41(63)102)52(113)100-38(17-8-28-90-60(79)80)50(111)98-35(14-5-25-87-57(73)74)47(108)95-33(12-3-23-85-55(69)70)45(106)93-31(43(64)104)10-1-21-83-53(65)66/h31-40H,1-30,62H2,(H2,63,102)(H2,64,104)(H,92,103)(H,93,106)(H,94,105)(H,95,108)(H,96,107)(H,97,109)(H,98,111)(H,99,110)(H,100,113)(H,101,112)(H4,65,66,83)(H4,67,68,84)(H4,69,70,85)(H4,71,72,86)(H4,73,74,87)(H4,75,76,88)(H4,77,78,89)(H4,79,80,90)(H4,81,82,91)/t31-,32-,33-,34-,35-,36-,37-,38-,39-,40-/m0/s1. The van der Waals surface area contributed by atoms with Gasteiger partial charge < -0.3 is 170 Å². The predicted molar refractivity (Wildman–Crippen MR) is 418 cm³/mol. The lowest BCUT2D eigenvalue weighted by molar-refractivity contribution is -0.136. The van der Waals surface area contributed by atoms with Crippen LogP contribution in [0, 0.1) is 48.7 Å². The molecule has 0 aromatic heterocycles. The highest BCUT2D eigenvalue weighted by atomic mass is 16.2. The van der Waals surface area contributed by atoms with Gasteiger partial charge >= 0.3 is 0 Å². The van der Waals surface area contributed by atoms with Gasteiger partial charge in [-0.15, -0.1) is 0 Å². The molecule has 52 nitrogen and oxygen atoms in total. The Bertz CT molecular complexity index is 3220. The fourth-order valence-corrected chi connectivity index (χ4v) is 10.5. The molecule has 0 aliphatic heterocycles. The number of rotatable bonds is 60. The molecule has 0 aliphatic carbocycles. The van der Waals surface area contributed by atoms with Gasteiger partial charge in [-0.1, -0.05) is 0 Å². The van der Waals surface area contributed by atoms with Crippen molar-refractivity contribution in [2.24, 2.45) is 68.8 Å². The molecule has 0 unspecified atom stereocenters. The summed E-state index contributed by atoms with van der Waals surface area (Å²) in [5.74, 6) is -15.6. The quantitative estimate of drug-likeness (QED) is 0.0153. The molecule has 0 aromatic rings. The number of carbonyl (C=O) groups excluding carboxylic acids is 12. The van der Waals surface area contributed by atoms with Crippen LogP contribution in [-0.4, -0.2) is 250 Å². The molecule has 0 aliphatic rings. The van der Waals surface area contributed by atoms with Crippen LogP contribution in [0.3, 0.4) is 0 Å². The summed E-state index contributed by atoms with van der Waals surface area (Å²) in [5, 5.41) is 117. The van der Waals surface area contributed by atoms with Crippen molar-refractivity contribution in [2.45, 2.75) is 189 Å². The first-order chi connectivity index (χ1) is 53.3. The molecule has 0 rings (SSSR count). The molecule has 0 saturated carbocycles. The summed E-state index contributed by atoms with van der Waals surface area (Å²) in [7, 11) is 0. The average Bonchev–Trinajstić information content (AvgIpc) is 0.850. The predicted octanol–water partition coefficient (Wildman–Crippen LogP) is -14.1. The lowest BCUT2D eigenvalue weighted by Crippen LogP contribution is -2.61. The Morgan fingerprint density at radius 1 is 0.212 bits per heavy atom. The molecule has 52 N–H and O–H groups in total. The van der Waals surface area contributed by atoms with Crippen molar-refractivity contribution in [1.29, 1.82) is 48.7 Å². The molecule has 0 fully saturated rings. The minimum atomic E-state index is -1.79. The first-order valence-corrected chi connectivity index (χ1v) is 36.3. The second-order valence-electron chi connectivity index (χ2n) is 25.6. The molecule has 0 saturated heterocycles. The number of nitrogens with two attached hydrogens (primary N) is 12. The Hall–Kier alpha value is -13.0. The van der Waals surface area contributed by atoms with E-state index in [1.807, 2.05) is 0 Å². The number of guanidine groups is 9. The lowest BCUT2D eigenvalue weighted by atomic mass is 10.0. The van der Waals surface area contributed by atoms with Crippen LogP contribution in [-0.2, 0) is 57.5 Å². The van der Waals surface area contributed by atoms with Crippen LogP contribution in [0.1, 0.15) is 128 Å². The minimum absolute atomic E-state index is 0.0140. The summed E-state index contributed by atoms with van der Waals surface area (Å²) in [4.78, 5) is 169. The van der Waals surface area contributed by atoms with Gasteiger partial charge in [-0.2, -0.15) is 0 Å². The van der Waals surface area contributed by atoms with Crippen molar-refractivity contribution in [3.63, 3.8) is 0 Å². The Morgan fingerprint density at radius 2 is 0.354 bits per heavy atom. The van der Waals surface area contributed by atoms with Crippen molar-refractivity contribution in [3.8, 4) is 0 Å². The number of primary amides is 2. The van der Waals surface area contributed by atoms with Crippen LogP contribution in [0.5, 0.6) is 0 Å². The number of amides is 12. The van der Waals surface area contributed by atoms with E-state index >= 15 is 0 Å². The van der Waals surface area contributed by atoms with E-state index in [-0.39, 0.29) is 186 Å². The average molecular weight is 1610 g/mol. The van der Waals surface area contributed by atoms with Gasteiger partial charge in [-0.3, -0.25) is 106 Å². The monoisotopic (exact) mass is 1610 g/mol. The molecular weight excluding hydrogens is 1480 g/mol. The van der Waals surface area contributed by atoms with Crippen molar-refractivity contribution in [1.82, 2.24) is 101 Å². The first-order valence-electron chi connectivity index (χ1n) is 36.3. The Morgan fingerprint density at radius 3 is 0.496 bits per heavy atom. The summed E-state index contributed by atoms with van der Waals surface area (Å²) in [6.07, 6.45) is -2.49. The van der Waals surface area contributed by atoms with Gasteiger partial charge in [0, 0.05) is 65.3 Å². The summed E-state index contributed by atoms with van der Waals surface area (Å²) in [5.41, 5.74) is 66.1. The summed E-state index contributed by atoms with van der Waals surface area (Å²) in [6.45, 7) is -0.510. The molecule has 12 amide bonds. The van der Waals surface area contributed by atoms with Gasteiger partial charge in [0.1, 0.15) is 60.4 Å². The van der Waals surface area contributed by atoms with E-state index in [1.54, 1.807) is 0 Å². The van der Waals surface area contributed by atoms with E-state index in [9.17, 15) is 57.5 Å². The third-order valence-corrected chi connectivity index (χ3v) is 16.1. The fourth-order valence-electron chi connectivity index (χ4n) is 10.5. The maximum absolute atomic E-state index is 14.9. The summed E-state index contributed by atoms with van der Waals surface area (Å²) < 4.78 is 0. The molecule has 0 bridgehead atoms. The van der Waals surface area contributed by atoms with E-state index in [0.29, 0.717) is 0 Å². The van der Waals surface area contributed by atoms with E-state index < -0.39 is 192 Å². The maximum atomic E-state index is 14.9. The molecule has 0 heterocycles. The van der Waals surface area contributed by atoms with Gasteiger partial charge in [0.05, 0.1) is 6.54 Å². The summed E-state index contributed by atoms with van der Waals surface area (Å²) >= 11 is 0. The van der Waals surface area contributed by atoms with E-state index in [4.69, 9.17) is 117 Å². The second-order valence-corrected chi connectivity index (χ2v) is 25.6. The molecule has 0 aromatic carbocycles. The normalized spacial score (nSPS) is 13.2. The highest BCUT2D eigenvalue weighted by molar-refractivity contribution is 5.99. The topological polar surface area (TPSA) is 960 Å². The van der Waals surface area contributed by atoms with E-state index in [1.165, 1.54) is 0 Å². The number of hydrogen-bond acceptors (Lipinski definition) is 22. The van der Waals surface area contributed by atoms with Gasteiger partial charge in [0.25, 0.3) is 0 Å². The van der Waals surface area contributed by atoms with Gasteiger partial charge in [0.15, 0.2) is 53.6 Å². The molecule has 638 valence electrons. The Kier molecular flexibility index (Phi) is 50.6. The van der Waals surface area contributed by atoms with Gasteiger partial charge in [-0.25, -0.2) is 0 Å². The Balaban J connectivity index is 7.91. The van der Waals surface area contributed by atoms with Crippen molar-refractivity contribution in [3.05, 3.63) is 0 Å². The molecule has 113 heavy (non-hydrogen) atoms. The van der Waals surface area contributed by atoms with Gasteiger partial charge in [-0.05, 0) is 122 Å². The van der Waals surface area contributed by atoms with Crippen molar-refractivity contribution < 1.29 is 57.5 Å². The maximum Gasteiger partial charge on any atom is 0.243 e. The number of hydrogen-bond donors (Lipinski definition) is 40. The third-order valence-electron chi connectivity index (χ3n) is 16.1. The van der Waals surface area contributed by atoms with E-state index in [0.717, 1.165) is 0 Å². The highest BCUT2D eigenvalue weighted by Crippen LogP contribution is 2.12. The van der Waals surface area contributed by atoms with Crippen LogP contribution in [0.25, 0.3) is 0 Å². The SMILES string of the molecule is N=C(N)NCCC[C@H](NC(=O)[C@H](CCCNC(=N)N)NC(=O)[C@H](CCCNC(=N)N)NC(=O)[C@H](CCCNC(=N)N)NC(=O)[C@H](CCC(N)=O)NC(=O)[C@H](CCCNC(=N)N)NC(=O)[C@H](CCCNC(=N)N)NC(=O)[C@H](CCCNC(=N)N)NC(=O)[C@H](CCCNC(=N)N)NC(=O)[C@H](CCCNC(=N)N)NC(=O)CN)C(N)=O. The lowest BCUT2D eigenvalue weighted by Gasteiger charge is -2.29. The smallest absolute Gasteiger partial charge is 0.243 e. The molecule has 52 heteroatoms. The van der Waals surface area contributed by atoms with Crippen LogP contribution < -0.4 is 170 Å². The van der Waals surface area contributed by atoms with Crippen molar-refractivity contribution >= 4 is 125 Å². The van der Waals surface area contributed by atoms with Crippen LogP contribution in [0.4, 0.5) is 0 Å². The largest absolute Gasteiger partial charge is 0.370 e. The van der Waals surface area contributed by atoms with Crippen LogP contribution >= 0.6 is 0 Å². The first kappa shape index (κ1) is 100. The minimum Gasteiger partial charge on any atom is -0.370 e. The zero-order chi connectivity index (χ0) is 85.5. The second kappa shape index (κ2) is 57.2. The molecule has 10 atom stereocenters. The van der Waals surface area contributed by atoms with Crippen LogP contribution in [0.2, 0.25) is 0 Å². The summed E-state index contributed by atoms with van der Waals surface area (Å²) in [6, 6.07) is -15.4. The highest BCUT2D eigenvalue weighted by Gasteiger charge is 2.36. The van der Waals surface area contributed by atoms with Crippen LogP contribution in [0.15, 0.2) is 0 Å². The third kappa shape index (κ3) is 49.7. The molecular formula is C61H122N40O12. The zero-order valence-electron chi connectivity index (χ0n) is 63.3. The van der Waals surface area contributed by atoms with Gasteiger partial charge in [0.2, 0.25) is 70.9 Å². The molecule has 0 spiro atoms. The van der Waals surface area contributed by atoms with Crippen molar-refractivity contribution in [2.75, 3.05) is 65.4 Å². The number of carbonyl (C=O) groups is 12. The number of nitrogens with one attached hydrogen (secondary N) is 28. The van der Waals surface area contributed by atoms with E-state index in [2.05, 4.69) is 101 Å². The fraction of sp³-hybridized carbons (Fsp3) is 0.656.